The molecule has 0 spiro atoms. The third-order valence-electron chi connectivity index (χ3n) is 3.66. The molecule has 2 atom stereocenters. The van der Waals surface area contributed by atoms with Crippen LogP contribution in [0.4, 0.5) is 4.79 Å². The maximum absolute atomic E-state index is 12.4. The second-order valence-corrected chi connectivity index (χ2v) is 6.75. The van der Waals surface area contributed by atoms with E-state index in [0.29, 0.717) is 6.42 Å². The van der Waals surface area contributed by atoms with Crippen LogP contribution in [-0.2, 0) is 9.53 Å². The lowest BCUT2D eigenvalue weighted by molar-refractivity contribution is -0.126. The van der Waals surface area contributed by atoms with E-state index in [2.05, 4.69) is 6.92 Å². The standard InChI is InChI=1S/C16H29NO3/c1-6-7-11-14(18)13-10-8-9-12(2)17(13)15(19)20-16(3,4)5/h12-13H,6-11H2,1-5H3. The Bertz CT molecular complexity index is 346. The lowest BCUT2D eigenvalue weighted by atomic mass is 9.92. The highest BCUT2D eigenvalue weighted by atomic mass is 16.6. The minimum Gasteiger partial charge on any atom is -0.444 e. The second kappa shape index (κ2) is 7.09. The Hall–Kier alpha value is -1.06. The predicted molar refractivity (Wildman–Crippen MR) is 79.7 cm³/mol. The molecular formula is C16H29NO3. The number of ether oxygens (including phenoxy) is 1. The molecule has 20 heavy (non-hydrogen) atoms. The van der Waals surface area contributed by atoms with Gasteiger partial charge in [0.2, 0.25) is 0 Å². The molecule has 1 saturated heterocycles. The molecule has 1 fully saturated rings. The van der Waals surface area contributed by atoms with Gasteiger partial charge in [0.1, 0.15) is 5.60 Å². The van der Waals surface area contributed by atoms with E-state index < -0.39 is 5.60 Å². The van der Waals surface area contributed by atoms with E-state index in [9.17, 15) is 9.59 Å². The van der Waals surface area contributed by atoms with E-state index in [4.69, 9.17) is 4.74 Å². The number of likely N-dealkylation sites (tertiary alicyclic amines) is 1. The Balaban J connectivity index is 2.79. The summed E-state index contributed by atoms with van der Waals surface area (Å²) < 4.78 is 5.47. The van der Waals surface area contributed by atoms with Crippen molar-refractivity contribution in [2.24, 2.45) is 0 Å². The first kappa shape index (κ1) is 17.0. The molecular weight excluding hydrogens is 254 g/mol. The average molecular weight is 283 g/mol. The van der Waals surface area contributed by atoms with Crippen molar-refractivity contribution in [2.45, 2.75) is 90.8 Å². The van der Waals surface area contributed by atoms with Gasteiger partial charge in [-0.3, -0.25) is 9.69 Å². The summed E-state index contributed by atoms with van der Waals surface area (Å²) in [7, 11) is 0. The zero-order chi connectivity index (χ0) is 15.3. The molecule has 0 bridgehead atoms. The Labute approximate surface area is 122 Å². The molecule has 0 aromatic carbocycles. The normalized spacial score (nSPS) is 23.6. The van der Waals surface area contributed by atoms with Gasteiger partial charge < -0.3 is 4.74 Å². The fourth-order valence-corrected chi connectivity index (χ4v) is 2.65. The molecule has 0 radical (unpaired) electrons. The van der Waals surface area contributed by atoms with Gasteiger partial charge in [-0.1, -0.05) is 13.3 Å². The van der Waals surface area contributed by atoms with Gasteiger partial charge in [-0.05, 0) is 53.4 Å². The molecule has 116 valence electrons. The first-order chi connectivity index (χ1) is 9.26. The number of carbonyl (C=O) groups is 2. The van der Waals surface area contributed by atoms with Crippen LogP contribution in [0.1, 0.15) is 73.1 Å². The molecule has 4 nitrogen and oxygen atoms in total. The number of Topliss-reactive ketones (excluding diaryl/α,β-unsaturated/α-hetero) is 1. The van der Waals surface area contributed by atoms with Crippen LogP contribution in [-0.4, -0.2) is 34.5 Å². The van der Waals surface area contributed by atoms with Crippen LogP contribution in [0.5, 0.6) is 0 Å². The highest BCUT2D eigenvalue weighted by Gasteiger charge is 2.37. The lowest BCUT2D eigenvalue weighted by Gasteiger charge is -2.40. The van der Waals surface area contributed by atoms with Crippen molar-refractivity contribution in [1.82, 2.24) is 4.90 Å². The SMILES string of the molecule is CCCCC(=O)C1CCCC(C)N1C(=O)OC(C)(C)C. The van der Waals surface area contributed by atoms with Crippen LogP contribution in [0, 0.1) is 0 Å². The summed E-state index contributed by atoms with van der Waals surface area (Å²) in [6.45, 7) is 9.64. The highest BCUT2D eigenvalue weighted by molar-refractivity contribution is 5.87. The molecule has 1 aliphatic rings. The molecule has 1 aliphatic heterocycles. The van der Waals surface area contributed by atoms with Crippen LogP contribution in [0.15, 0.2) is 0 Å². The van der Waals surface area contributed by atoms with Gasteiger partial charge in [-0.2, -0.15) is 0 Å². The van der Waals surface area contributed by atoms with Crippen molar-refractivity contribution in [3.63, 3.8) is 0 Å². The van der Waals surface area contributed by atoms with E-state index in [1.807, 2.05) is 27.7 Å². The van der Waals surface area contributed by atoms with Crippen LogP contribution >= 0.6 is 0 Å². The van der Waals surface area contributed by atoms with Gasteiger partial charge in [0.15, 0.2) is 5.78 Å². The molecule has 0 aromatic rings. The van der Waals surface area contributed by atoms with Crippen LogP contribution in [0.3, 0.4) is 0 Å². The number of amides is 1. The van der Waals surface area contributed by atoms with E-state index in [-0.39, 0.29) is 24.0 Å². The topological polar surface area (TPSA) is 46.6 Å². The van der Waals surface area contributed by atoms with Gasteiger partial charge >= 0.3 is 6.09 Å². The number of rotatable bonds is 4. The Morgan fingerprint density at radius 3 is 2.45 bits per heavy atom. The first-order valence-corrected chi connectivity index (χ1v) is 7.80. The maximum Gasteiger partial charge on any atom is 0.411 e. The van der Waals surface area contributed by atoms with Gasteiger partial charge in [-0.25, -0.2) is 4.79 Å². The third kappa shape index (κ3) is 4.80. The smallest absolute Gasteiger partial charge is 0.411 e. The number of unbranched alkanes of at least 4 members (excludes halogenated alkanes) is 1. The summed E-state index contributed by atoms with van der Waals surface area (Å²) in [5, 5.41) is 0. The van der Waals surface area contributed by atoms with Crippen molar-refractivity contribution in [3.8, 4) is 0 Å². The summed E-state index contributed by atoms with van der Waals surface area (Å²) in [5.74, 6) is 0.184. The summed E-state index contributed by atoms with van der Waals surface area (Å²) in [4.78, 5) is 26.4. The molecule has 1 rings (SSSR count). The average Bonchev–Trinajstić information content (AvgIpc) is 2.33. The minimum absolute atomic E-state index is 0.0779. The van der Waals surface area contributed by atoms with Gasteiger partial charge in [0.25, 0.3) is 0 Å². The number of nitrogens with zero attached hydrogens (tertiary/aromatic N) is 1. The highest BCUT2D eigenvalue weighted by Crippen LogP contribution is 2.26. The zero-order valence-electron chi connectivity index (χ0n) is 13.6. The van der Waals surface area contributed by atoms with Crippen LogP contribution in [0.25, 0.3) is 0 Å². The molecule has 2 unspecified atom stereocenters. The predicted octanol–water partition coefficient (Wildman–Crippen LogP) is 3.92. The van der Waals surface area contributed by atoms with Crippen molar-refractivity contribution >= 4 is 11.9 Å². The summed E-state index contributed by atoms with van der Waals surface area (Å²) in [6, 6.07) is -0.214. The van der Waals surface area contributed by atoms with Crippen LogP contribution < -0.4 is 0 Å². The van der Waals surface area contributed by atoms with Crippen molar-refractivity contribution in [3.05, 3.63) is 0 Å². The number of hydrogen-bond donors (Lipinski definition) is 0. The summed E-state index contributed by atoms with van der Waals surface area (Å²) >= 11 is 0. The van der Waals surface area contributed by atoms with Crippen molar-refractivity contribution < 1.29 is 14.3 Å². The molecule has 0 saturated carbocycles. The Kier molecular flexibility index (Phi) is 6.03. The Morgan fingerprint density at radius 1 is 1.25 bits per heavy atom. The largest absolute Gasteiger partial charge is 0.444 e. The number of piperidine rings is 1. The van der Waals surface area contributed by atoms with E-state index in [1.54, 1.807) is 4.90 Å². The van der Waals surface area contributed by atoms with E-state index in [0.717, 1.165) is 32.1 Å². The zero-order valence-corrected chi connectivity index (χ0v) is 13.6. The fourth-order valence-electron chi connectivity index (χ4n) is 2.65. The molecule has 1 amide bonds. The second-order valence-electron chi connectivity index (χ2n) is 6.75. The molecule has 0 aromatic heterocycles. The van der Waals surface area contributed by atoms with Gasteiger partial charge in [0, 0.05) is 12.5 Å². The molecule has 1 heterocycles. The van der Waals surface area contributed by atoms with Crippen molar-refractivity contribution in [2.75, 3.05) is 0 Å². The fraction of sp³-hybridized carbons (Fsp3) is 0.875. The Morgan fingerprint density at radius 2 is 1.90 bits per heavy atom. The molecule has 4 heteroatoms. The van der Waals surface area contributed by atoms with Gasteiger partial charge in [-0.15, -0.1) is 0 Å². The summed E-state index contributed by atoms with van der Waals surface area (Å²) in [6.07, 6.45) is 4.82. The van der Waals surface area contributed by atoms with Crippen molar-refractivity contribution in [1.29, 1.82) is 0 Å². The third-order valence-corrected chi connectivity index (χ3v) is 3.66. The summed E-state index contributed by atoms with van der Waals surface area (Å²) in [5.41, 5.74) is -0.523. The monoisotopic (exact) mass is 283 g/mol. The number of hydrogen-bond acceptors (Lipinski definition) is 3. The first-order valence-electron chi connectivity index (χ1n) is 7.80. The van der Waals surface area contributed by atoms with Crippen LogP contribution in [0.2, 0.25) is 0 Å². The quantitative estimate of drug-likeness (QED) is 0.785. The number of carbonyl (C=O) groups excluding carboxylic acids is 2. The molecule has 0 aliphatic carbocycles. The lowest BCUT2D eigenvalue weighted by Crippen LogP contribution is -2.53. The van der Waals surface area contributed by atoms with Gasteiger partial charge in [0.05, 0.1) is 6.04 Å². The molecule has 0 N–H and O–H groups in total. The van der Waals surface area contributed by atoms with E-state index in [1.165, 1.54) is 0 Å². The number of ketones is 1. The maximum atomic E-state index is 12.4. The van der Waals surface area contributed by atoms with E-state index >= 15 is 0 Å². The minimum atomic E-state index is -0.523.